The van der Waals surface area contributed by atoms with E-state index in [0.29, 0.717) is 13.0 Å². The number of aliphatic hydroxyl groups is 1. The fourth-order valence-electron chi connectivity index (χ4n) is 3.19. The van der Waals surface area contributed by atoms with Gasteiger partial charge >= 0.3 is 0 Å². The van der Waals surface area contributed by atoms with E-state index < -0.39 is 6.10 Å². The van der Waals surface area contributed by atoms with Crippen molar-refractivity contribution in [3.63, 3.8) is 0 Å². The van der Waals surface area contributed by atoms with Crippen LogP contribution in [0.25, 0.3) is 11.6 Å². The number of benzene rings is 1. The van der Waals surface area contributed by atoms with Crippen LogP contribution in [0.2, 0.25) is 0 Å². The van der Waals surface area contributed by atoms with Crippen LogP contribution in [0.5, 0.6) is 5.75 Å². The summed E-state index contributed by atoms with van der Waals surface area (Å²) in [6, 6.07) is 4.21. The molecule has 1 aliphatic carbocycles. The number of fused-ring (bicyclic) bond motifs is 4. The summed E-state index contributed by atoms with van der Waals surface area (Å²) in [4.78, 5) is 0. The third kappa shape index (κ3) is 1.82. The summed E-state index contributed by atoms with van der Waals surface area (Å²) in [5.74, 6) is 0.872. The average molecular weight is 268 g/mol. The molecule has 1 aromatic carbocycles. The van der Waals surface area contributed by atoms with Crippen molar-refractivity contribution in [2.24, 2.45) is 0 Å². The zero-order valence-electron chi connectivity index (χ0n) is 11.1. The lowest BCUT2D eigenvalue weighted by atomic mass is 9.97. The average Bonchev–Trinajstić information content (AvgIpc) is 2.62. The van der Waals surface area contributed by atoms with Crippen LogP contribution < -0.4 is 15.2 Å². The van der Waals surface area contributed by atoms with Crippen molar-refractivity contribution >= 4 is 11.6 Å². The van der Waals surface area contributed by atoms with Crippen LogP contribution in [0.4, 0.5) is 0 Å². The molecule has 0 aromatic heterocycles. The quantitative estimate of drug-likeness (QED) is 0.756. The van der Waals surface area contributed by atoms with Gasteiger partial charge in [-0.2, -0.15) is 0 Å². The molecule has 1 atom stereocenters. The molecule has 0 spiro atoms. The highest BCUT2D eigenvalue weighted by Crippen LogP contribution is 2.26. The van der Waals surface area contributed by atoms with Crippen molar-refractivity contribution in [3.8, 4) is 5.75 Å². The molecule has 2 heterocycles. The molecule has 0 bridgehead atoms. The lowest BCUT2D eigenvalue weighted by Gasteiger charge is -2.19. The molecule has 1 unspecified atom stereocenters. The number of allylic oxidation sites excluding steroid dienone is 1. The molecule has 4 rings (SSSR count). The van der Waals surface area contributed by atoms with E-state index in [-0.39, 0.29) is 0 Å². The van der Waals surface area contributed by atoms with Crippen LogP contribution in [-0.4, -0.2) is 24.4 Å². The molecule has 1 N–H and O–H groups in total. The van der Waals surface area contributed by atoms with Gasteiger partial charge in [0.05, 0.1) is 25.6 Å². The maximum Gasteiger partial charge on any atom is 0.137 e. The summed E-state index contributed by atoms with van der Waals surface area (Å²) in [6.07, 6.45) is 8.60. The zero-order valence-corrected chi connectivity index (χ0v) is 11.1. The first-order valence-corrected chi connectivity index (χ1v) is 6.98. The van der Waals surface area contributed by atoms with Gasteiger partial charge in [0.15, 0.2) is 0 Å². The van der Waals surface area contributed by atoms with Crippen LogP contribution in [-0.2, 0) is 11.2 Å². The Balaban J connectivity index is 2.04. The number of hydrogen-bond donors (Lipinski definition) is 1. The van der Waals surface area contributed by atoms with Gasteiger partial charge in [-0.25, -0.2) is 0 Å². The van der Waals surface area contributed by atoms with E-state index in [1.54, 1.807) is 6.26 Å². The Hall–Kier alpha value is -1.84. The summed E-state index contributed by atoms with van der Waals surface area (Å²) in [5, 5.41) is 12.5. The van der Waals surface area contributed by atoms with Gasteiger partial charge in [0.25, 0.3) is 0 Å². The van der Waals surface area contributed by atoms with Crippen molar-refractivity contribution in [1.82, 2.24) is 0 Å². The molecule has 1 aromatic rings. The first kappa shape index (κ1) is 11.9. The molecule has 0 amide bonds. The second-order valence-corrected chi connectivity index (χ2v) is 5.37. The summed E-state index contributed by atoms with van der Waals surface area (Å²) >= 11 is 0. The van der Waals surface area contributed by atoms with Crippen LogP contribution in [0, 0.1) is 0 Å². The maximum atomic E-state index is 10.3. The van der Waals surface area contributed by atoms with Gasteiger partial charge in [0.1, 0.15) is 5.75 Å². The maximum absolute atomic E-state index is 10.3. The largest absolute Gasteiger partial charge is 0.464 e. The van der Waals surface area contributed by atoms with Gasteiger partial charge < -0.3 is 14.6 Å². The molecule has 3 heteroatoms. The fourth-order valence-corrected chi connectivity index (χ4v) is 3.19. The Bertz CT molecular complexity index is 740. The summed E-state index contributed by atoms with van der Waals surface area (Å²) in [7, 11) is 0. The number of rotatable bonds is 0. The molecule has 0 radical (unpaired) electrons. The first-order chi connectivity index (χ1) is 9.83. The normalized spacial score (nSPS) is 23.6. The second kappa shape index (κ2) is 4.62. The van der Waals surface area contributed by atoms with Gasteiger partial charge in [0.2, 0.25) is 0 Å². The lowest BCUT2D eigenvalue weighted by molar-refractivity contribution is 0.158. The highest BCUT2D eigenvalue weighted by Gasteiger charge is 2.22. The Labute approximate surface area is 117 Å². The molecule has 1 fully saturated rings. The SMILES string of the molecule is OC1C=C2CCOCC2=c2ccc3c(c2C1)OC=CC=3. The highest BCUT2D eigenvalue weighted by atomic mass is 16.5. The molecule has 3 aliphatic rings. The third-order valence-electron chi connectivity index (χ3n) is 4.11. The molecular weight excluding hydrogens is 252 g/mol. The van der Waals surface area contributed by atoms with Crippen LogP contribution >= 0.6 is 0 Å². The Morgan fingerprint density at radius 1 is 1.25 bits per heavy atom. The minimum atomic E-state index is -0.458. The van der Waals surface area contributed by atoms with E-state index in [9.17, 15) is 5.11 Å². The van der Waals surface area contributed by atoms with Crippen LogP contribution in [0.1, 0.15) is 12.0 Å². The monoisotopic (exact) mass is 268 g/mol. The van der Waals surface area contributed by atoms with Gasteiger partial charge in [-0.3, -0.25) is 0 Å². The van der Waals surface area contributed by atoms with E-state index >= 15 is 0 Å². The zero-order chi connectivity index (χ0) is 13.5. The minimum Gasteiger partial charge on any atom is -0.464 e. The second-order valence-electron chi connectivity index (χ2n) is 5.37. The Morgan fingerprint density at radius 3 is 3.15 bits per heavy atom. The topological polar surface area (TPSA) is 38.7 Å². The molecular formula is C17H16O3. The summed E-state index contributed by atoms with van der Waals surface area (Å²) in [6.45, 7) is 1.35. The molecule has 2 aliphatic heterocycles. The third-order valence-corrected chi connectivity index (χ3v) is 4.11. The summed E-state index contributed by atoms with van der Waals surface area (Å²) in [5.41, 5.74) is 3.50. The van der Waals surface area contributed by atoms with E-state index in [4.69, 9.17) is 9.47 Å². The fraction of sp³-hybridized carbons (Fsp3) is 0.294. The Morgan fingerprint density at radius 2 is 2.20 bits per heavy atom. The van der Waals surface area contributed by atoms with Crippen LogP contribution in [0.3, 0.4) is 0 Å². The number of aliphatic hydroxyl groups excluding tert-OH is 1. The van der Waals surface area contributed by atoms with E-state index in [1.165, 1.54) is 11.1 Å². The van der Waals surface area contributed by atoms with Gasteiger partial charge in [-0.15, -0.1) is 0 Å². The molecule has 3 nitrogen and oxygen atoms in total. The van der Waals surface area contributed by atoms with Gasteiger partial charge in [0, 0.05) is 17.2 Å². The standard InChI is InChI=1S/C17H16O3/c18-13-8-12-5-7-19-10-16(12)14-4-3-11-2-1-6-20-17(11)15(14)9-13/h1-4,6,8,13,18H,5,7,9-10H2. The number of ether oxygens (including phenoxy) is 2. The van der Waals surface area contributed by atoms with Crippen LogP contribution in [0.15, 0.2) is 36.1 Å². The van der Waals surface area contributed by atoms with Gasteiger partial charge in [-0.05, 0) is 34.9 Å². The van der Waals surface area contributed by atoms with Crippen molar-refractivity contribution in [1.29, 1.82) is 0 Å². The molecule has 20 heavy (non-hydrogen) atoms. The lowest BCUT2D eigenvalue weighted by Crippen LogP contribution is -2.25. The van der Waals surface area contributed by atoms with Crippen molar-refractivity contribution < 1.29 is 14.6 Å². The molecule has 102 valence electrons. The van der Waals surface area contributed by atoms with Crippen molar-refractivity contribution in [2.75, 3.05) is 13.2 Å². The smallest absolute Gasteiger partial charge is 0.137 e. The van der Waals surface area contributed by atoms with Crippen molar-refractivity contribution in [3.05, 3.63) is 52.1 Å². The highest BCUT2D eigenvalue weighted by molar-refractivity contribution is 5.69. The van der Waals surface area contributed by atoms with Crippen molar-refractivity contribution in [2.45, 2.75) is 18.9 Å². The minimum absolute atomic E-state index is 0.458. The predicted molar refractivity (Wildman–Crippen MR) is 76.6 cm³/mol. The van der Waals surface area contributed by atoms with Gasteiger partial charge in [-0.1, -0.05) is 18.2 Å². The number of hydrogen-bond acceptors (Lipinski definition) is 3. The predicted octanol–water partition coefficient (Wildman–Crippen LogP) is 0.788. The molecule has 1 saturated heterocycles. The summed E-state index contributed by atoms with van der Waals surface area (Å²) < 4.78 is 11.3. The van der Waals surface area contributed by atoms with E-state index in [1.807, 2.05) is 18.2 Å². The first-order valence-electron chi connectivity index (χ1n) is 6.98. The van der Waals surface area contributed by atoms with E-state index in [2.05, 4.69) is 12.1 Å². The Kier molecular flexibility index (Phi) is 2.76. The molecule has 0 saturated carbocycles. The van der Waals surface area contributed by atoms with E-state index in [0.717, 1.165) is 34.8 Å².